The molecule has 1 aliphatic carbocycles. The largest absolute Gasteiger partial charge is 0.506 e. The van der Waals surface area contributed by atoms with Crippen molar-refractivity contribution in [1.82, 2.24) is 25.1 Å². The van der Waals surface area contributed by atoms with Crippen LogP contribution in [0.1, 0.15) is 51.0 Å². The number of hydrogen-bond donors (Lipinski definition) is 2. The molecule has 2 aromatic rings. The van der Waals surface area contributed by atoms with Crippen LogP contribution in [-0.2, 0) is 14.3 Å². The lowest BCUT2D eigenvalue weighted by Gasteiger charge is -2.39. The highest BCUT2D eigenvalue weighted by molar-refractivity contribution is 5.97. The quantitative estimate of drug-likeness (QED) is 0.314. The lowest BCUT2D eigenvalue weighted by atomic mass is 9.85. The molecule has 3 fully saturated rings. The molecule has 2 saturated heterocycles. The Morgan fingerprint density at radius 3 is 2.24 bits per heavy atom. The summed E-state index contributed by atoms with van der Waals surface area (Å²) in [5.74, 6) is 0.356. The van der Waals surface area contributed by atoms with E-state index < -0.39 is 23.5 Å². The molecule has 1 saturated carbocycles. The van der Waals surface area contributed by atoms with Gasteiger partial charge in [0, 0.05) is 62.7 Å². The molecule has 0 bridgehead atoms. The second-order valence-electron chi connectivity index (χ2n) is 12.9. The molecule has 1 aromatic carbocycles. The molecule has 0 radical (unpaired) electrons. The molecule has 4 atom stereocenters. The second kappa shape index (κ2) is 13.3. The number of nitrogens with zero attached hydrogens (tertiary/aromatic N) is 5. The molecule has 13 nitrogen and oxygen atoms in total. The zero-order chi connectivity index (χ0) is 32.3. The van der Waals surface area contributed by atoms with Gasteiger partial charge >= 0.3 is 12.2 Å². The Morgan fingerprint density at radius 2 is 1.64 bits per heavy atom. The number of aromatic nitrogens is 2. The fourth-order valence-corrected chi connectivity index (χ4v) is 5.92. The molecule has 5 rings (SSSR count). The van der Waals surface area contributed by atoms with Crippen molar-refractivity contribution in [1.29, 1.82) is 0 Å². The first kappa shape index (κ1) is 32.0. The van der Waals surface area contributed by atoms with Crippen LogP contribution in [0.15, 0.2) is 36.4 Å². The van der Waals surface area contributed by atoms with Crippen LogP contribution in [0.2, 0.25) is 0 Å². The van der Waals surface area contributed by atoms with E-state index in [-0.39, 0.29) is 35.6 Å². The first-order valence-corrected chi connectivity index (χ1v) is 15.6. The third kappa shape index (κ3) is 7.46. The number of carboxylic acid groups (broad SMARTS) is 1. The lowest BCUT2D eigenvalue weighted by Crippen LogP contribution is -2.59. The molecule has 0 unspecified atom stereocenters. The van der Waals surface area contributed by atoms with Crippen molar-refractivity contribution in [3.63, 3.8) is 0 Å². The van der Waals surface area contributed by atoms with Gasteiger partial charge < -0.3 is 34.6 Å². The van der Waals surface area contributed by atoms with E-state index in [1.807, 2.05) is 62.9 Å². The number of piperidine rings is 1. The number of nitrogens with one attached hydrogen (secondary N) is 1. The third-order valence-corrected chi connectivity index (χ3v) is 8.61. The van der Waals surface area contributed by atoms with Gasteiger partial charge in [-0.1, -0.05) is 64.4 Å². The van der Waals surface area contributed by atoms with Gasteiger partial charge in [0.25, 0.3) is 5.91 Å². The number of rotatable bonds is 9. The Morgan fingerprint density at radius 1 is 1.00 bits per heavy atom. The molecule has 2 aliphatic heterocycles. The van der Waals surface area contributed by atoms with E-state index in [1.165, 1.54) is 0 Å². The van der Waals surface area contributed by atoms with Crippen molar-refractivity contribution < 1.29 is 33.8 Å². The molecule has 242 valence electrons. The molecule has 1 aromatic heterocycles. The lowest BCUT2D eigenvalue weighted by molar-refractivity contribution is -0.137. The molecule has 13 heteroatoms. The van der Waals surface area contributed by atoms with Crippen LogP contribution in [-0.4, -0.2) is 107 Å². The molecular formula is C32H42N6O7. The minimum atomic E-state index is -1.27. The SMILES string of the molecule is CCCCOC(=O)N1CCN(C(=O)[C@@H](NC(=O)c2cc(N3C[C@@H]4[C@H](C3)[C@H]4OC(=O)O)nc(-c3ccccc3)n2)C(C)(C)C)CC1. The summed E-state index contributed by atoms with van der Waals surface area (Å²) in [6.07, 6.45) is -0.223. The van der Waals surface area contributed by atoms with Gasteiger partial charge in [-0.2, -0.15) is 0 Å². The van der Waals surface area contributed by atoms with Crippen molar-refractivity contribution in [2.45, 2.75) is 52.7 Å². The van der Waals surface area contributed by atoms with Crippen LogP contribution in [0.25, 0.3) is 11.4 Å². The zero-order valence-electron chi connectivity index (χ0n) is 26.3. The Hall–Kier alpha value is -4.42. The van der Waals surface area contributed by atoms with Gasteiger partial charge in [0.1, 0.15) is 23.7 Å². The Bertz CT molecular complexity index is 1390. The Labute approximate surface area is 262 Å². The number of piperazine rings is 1. The first-order valence-electron chi connectivity index (χ1n) is 15.6. The van der Waals surface area contributed by atoms with E-state index in [1.54, 1.807) is 15.9 Å². The fourth-order valence-electron chi connectivity index (χ4n) is 5.92. The van der Waals surface area contributed by atoms with Crippen molar-refractivity contribution in [3.05, 3.63) is 42.1 Å². The predicted octanol–water partition coefficient (Wildman–Crippen LogP) is 3.50. The summed E-state index contributed by atoms with van der Waals surface area (Å²) in [4.78, 5) is 65.6. The number of fused-ring (bicyclic) bond motifs is 1. The second-order valence-corrected chi connectivity index (χ2v) is 12.9. The maximum Gasteiger partial charge on any atom is 0.506 e. The van der Waals surface area contributed by atoms with Crippen molar-refractivity contribution in [3.8, 4) is 11.4 Å². The number of amides is 3. The normalized spacial score (nSPS) is 21.5. The first-order chi connectivity index (χ1) is 21.5. The van der Waals surface area contributed by atoms with E-state index in [4.69, 9.17) is 19.6 Å². The monoisotopic (exact) mass is 622 g/mol. The molecular weight excluding hydrogens is 580 g/mol. The third-order valence-electron chi connectivity index (χ3n) is 8.61. The summed E-state index contributed by atoms with van der Waals surface area (Å²) in [5.41, 5.74) is 0.245. The standard InChI is InChI=1S/C32H42N6O7/c1-5-6-16-44-30(41)37-14-12-36(13-15-37)29(40)26(32(2,3)4)35-28(39)23-17-24(34-27(33-23)20-10-8-7-9-11-20)38-18-21-22(19-38)25(21)45-31(42)43/h7-11,17,21-22,25-26H,5-6,12-16,18-19H2,1-4H3,(H,35,39)(H,42,43)/t21-,22+,25+,26-/m1/s1. The van der Waals surface area contributed by atoms with Crippen LogP contribution in [0.3, 0.4) is 0 Å². The van der Waals surface area contributed by atoms with Gasteiger partial charge in [0.05, 0.1) is 6.61 Å². The highest BCUT2D eigenvalue weighted by Gasteiger charge is 2.59. The molecule has 45 heavy (non-hydrogen) atoms. The Kier molecular flexibility index (Phi) is 9.45. The zero-order valence-corrected chi connectivity index (χ0v) is 26.3. The predicted molar refractivity (Wildman–Crippen MR) is 165 cm³/mol. The van der Waals surface area contributed by atoms with Crippen LogP contribution in [0.4, 0.5) is 15.4 Å². The maximum absolute atomic E-state index is 13.8. The van der Waals surface area contributed by atoms with Crippen molar-refractivity contribution in [2.24, 2.45) is 17.3 Å². The van der Waals surface area contributed by atoms with Gasteiger partial charge in [-0.25, -0.2) is 19.6 Å². The average molecular weight is 623 g/mol. The molecule has 3 amide bonds. The van der Waals surface area contributed by atoms with Gasteiger partial charge in [0.15, 0.2) is 5.82 Å². The van der Waals surface area contributed by atoms with E-state index in [0.29, 0.717) is 57.5 Å². The summed E-state index contributed by atoms with van der Waals surface area (Å²) >= 11 is 0. The number of carbonyl (C=O) groups is 4. The molecule has 3 heterocycles. The van der Waals surface area contributed by atoms with Crippen molar-refractivity contribution >= 4 is 29.9 Å². The Balaban J connectivity index is 1.30. The van der Waals surface area contributed by atoms with Crippen LogP contribution >= 0.6 is 0 Å². The maximum atomic E-state index is 13.8. The number of hydrogen-bond acceptors (Lipinski definition) is 9. The summed E-state index contributed by atoms with van der Waals surface area (Å²) in [7, 11) is 0. The summed E-state index contributed by atoms with van der Waals surface area (Å²) < 4.78 is 10.3. The van der Waals surface area contributed by atoms with E-state index >= 15 is 0 Å². The summed E-state index contributed by atoms with van der Waals surface area (Å²) in [5, 5.41) is 11.9. The highest BCUT2D eigenvalue weighted by atomic mass is 16.7. The molecule has 2 N–H and O–H groups in total. The van der Waals surface area contributed by atoms with Gasteiger partial charge in [-0.05, 0) is 11.8 Å². The van der Waals surface area contributed by atoms with E-state index in [0.717, 1.165) is 18.4 Å². The smallest absolute Gasteiger partial charge is 0.450 e. The molecule has 3 aliphatic rings. The van der Waals surface area contributed by atoms with Gasteiger partial charge in [-0.15, -0.1) is 0 Å². The number of unbranched alkanes of at least 4 members (excludes halogenated alkanes) is 1. The average Bonchev–Trinajstić information content (AvgIpc) is 3.43. The van der Waals surface area contributed by atoms with Crippen LogP contribution < -0.4 is 10.2 Å². The van der Waals surface area contributed by atoms with E-state index in [2.05, 4.69) is 10.3 Å². The van der Waals surface area contributed by atoms with Crippen LogP contribution in [0, 0.1) is 17.3 Å². The van der Waals surface area contributed by atoms with Gasteiger partial charge in [-0.3, -0.25) is 9.59 Å². The van der Waals surface area contributed by atoms with E-state index in [9.17, 15) is 19.2 Å². The van der Waals surface area contributed by atoms with Crippen LogP contribution in [0.5, 0.6) is 0 Å². The highest BCUT2D eigenvalue weighted by Crippen LogP contribution is 2.48. The number of anilines is 1. The molecule has 0 spiro atoms. The number of ether oxygens (including phenoxy) is 2. The minimum Gasteiger partial charge on any atom is -0.450 e. The van der Waals surface area contributed by atoms with Gasteiger partial charge in [0.2, 0.25) is 5.91 Å². The topological polar surface area (TPSA) is 154 Å². The fraction of sp³-hybridized carbons (Fsp3) is 0.562. The summed E-state index contributed by atoms with van der Waals surface area (Å²) in [6.45, 7) is 10.6. The summed E-state index contributed by atoms with van der Waals surface area (Å²) in [6, 6.07) is 10.1. The number of benzene rings is 1. The van der Waals surface area contributed by atoms with Crippen molar-refractivity contribution in [2.75, 3.05) is 50.8 Å². The minimum absolute atomic E-state index is 0.0788. The number of carbonyl (C=O) groups excluding carboxylic acids is 3.